The fraction of sp³-hybridized carbons (Fsp3) is 0.714. The summed E-state index contributed by atoms with van der Waals surface area (Å²) in [6, 6.07) is 1.81. The van der Waals surface area contributed by atoms with Gasteiger partial charge in [0.2, 0.25) is 0 Å². The number of nitrogens with zero attached hydrogens (tertiary/aromatic N) is 2. The maximum atomic E-state index is 11.7. The van der Waals surface area contributed by atoms with E-state index < -0.39 is 0 Å². The Morgan fingerprint density at radius 3 is 2.47 bits per heavy atom. The number of hydrogen-bond donors (Lipinski definition) is 2. The molecular weight excluding hydrogens is 242 g/mol. The molecule has 1 aromatic heterocycles. The van der Waals surface area contributed by atoms with Gasteiger partial charge >= 0.3 is 0 Å². The van der Waals surface area contributed by atoms with E-state index in [2.05, 4.69) is 23.8 Å². The summed E-state index contributed by atoms with van der Waals surface area (Å²) in [6.45, 7) is 8.76. The lowest BCUT2D eigenvalue weighted by atomic mass is 10.1. The van der Waals surface area contributed by atoms with Crippen LogP contribution in [-0.2, 0) is 0 Å². The SMILES string of the molecule is CCC(CC)N(CCO)c1cc(=O)[nH]c(C(C)C)n1. The number of aliphatic hydroxyl groups excluding tert-OH is 1. The zero-order valence-corrected chi connectivity index (χ0v) is 12.3. The molecule has 5 heteroatoms. The molecule has 0 atom stereocenters. The van der Waals surface area contributed by atoms with Crippen molar-refractivity contribution in [3.63, 3.8) is 0 Å². The molecule has 0 aromatic carbocycles. The Bertz CT molecular complexity index is 439. The van der Waals surface area contributed by atoms with E-state index in [4.69, 9.17) is 0 Å². The molecule has 2 N–H and O–H groups in total. The molecule has 0 unspecified atom stereocenters. The Morgan fingerprint density at radius 1 is 1.37 bits per heavy atom. The molecule has 0 aliphatic rings. The quantitative estimate of drug-likeness (QED) is 0.791. The van der Waals surface area contributed by atoms with Gasteiger partial charge in [-0.15, -0.1) is 0 Å². The second-order valence-electron chi connectivity index (χ2n) is 5.03. The summed E-state index contributed by atoms with van der Waals surface area (Å²) in [5.74, 6) is 1.52. The molecule has 5 nitrogen and oxygen atoms in total. The molecule has 19 heavy (non-hydrogen) atoms. The smallest absolute Gasteiger partial charge is 0.252 e. The van der Waals surface area contributed by atoms with Gasteiger partial charge in [-0.25, -0.2) is 4.98 Å². The van der Waals surface area contributed by atoms with Crippen molar-refractivity contribution in [2.45, 2.75) is 52.5 Å². The first-order valence-corrected chi connectivity index (χ1v) is 7.02. The maximum absolute atomic E-state index is 11.7. The summed E-state index contributed by atoms with van der Waals surface area (Å²) in [7, 11) is 0. The van der Waals surface area contributed by atoms with E-state index in [0.717, 1.165) is 12.8 Å². The Labute approximate surface area is 114 Å². The number of nitrogens with one attached hydrogen (secondary N) is 1. The summed E-state index contributed by atoms with van der Waals surface area (Å²) in [5.41, 5.74) is -0.136. The van der Waals surface area contributed by atoms with Crippen molar-refractivity contribution in [1.82, 2.24) is 9.97 Å². The van der Waals surface area contributed by atoms with Crippen LogP contribution in [0.4, 0.5) is 5.82 Å². The van der Waals surface area contributed by atoms with Crippen molar-refractivity contribution < 1.29 is 5.11 Å². The van der Waals surface area contributed by atoms with Crippen LogP contribution < -0.4 is 10.5 Å². The van der Waals surface area contributed by atoms with E-state index in [9.17, 15) is 9.90 Å². The first kappa shape index (κ1) is 15.7. The molecule has 1 aromatic rings. The Hall–Kier alpha value is -1.36. The highest BCUT2D eigenvalue weighted by molar-refractivity contribution is 5.39. The monoisotopic (exact) mass is 267 g/mol. The summed E-state index contributed by atoms with van der Waals surface area (Å²) < 4.78 is 0. The average Bonchev–Trinajstić information content (AvgIpc) is 2.38. The molecule has 0 aliphatic carbocycles. The van der Waals surface area contributed by atoms with Gasteiger partial charge in [-0.2, -0.15) is 0 Å². The lowest BCUT2D eigenvalue weighted by molar-refractivity contribution is 0.295. The summed E-state index contributed by atoms with van der Waals surface area (Å²) >= 11 is 0. The van der Waals surface area contributed by atoms with Gasteiger partial charge in [0.15, 0.2) is 0 Å². The second kappa shape index (κ2) is 7.28. The van der Waals surface area contributed by atoms with Crippen molar-refractivity contribution in [2.24, 2.45) is 0 Å². The number of anilines is 1. The minimum absolute atomic E-state index is 0.0575. The largest absolute Gasteiger partial charge is 0.395 e. The third-order valence-corrected chi connectivity index (χ3v) is 3.31. The van der Waals surface area contributed by atoms with Crippen LogP contribution in [0.15, 0.2) is 10.9 Å². The molecule has 0 aliphatic heterocycles. The van der Waals surface area contributed by atoms with Gasteiger partial charge < -0.3 is 15.0 Å². The first-order valence-electron chi connectivity index (χ1n) is 7.02. The van der Waals surface area contributed by atoms with Crippen LogP contribution in [0.3, 0.4) is 0 Å². The molecule has 0 bridgehead atoms. The van der Waals surface area contributed by atoms with Crippen molar-refractivity contribution in [2.75, 3.05) is 18.1 Å². The number of H-pyrrole nitrogens is 1. The molecule has 0 fully saturated rings. The van der Waals surface area contributed by atoms with Crippen LogP contribution in [0.25, 0.3) is 0 Å². The van der Waals surface area contributed by atoms with E-state index in [1.54, 1.807) is 0 Å². The topological polar surface area (TPSA) is 69.2 Å². The normalized spacial score (nSPS) is 11.3. The number of aromatic amines is 1. The predicted molar refractivity (Wildman–Crippen MR) is 77.7 cm³/mol. The summed E-state index contributed by atoms with van der Waals surface area (Å²) in [5, 5.41) is 9.23. The van der Waals surface area contributed by atoms with Gasteiger partial charge in [0.25, 0.3) is 5.56 Å². The van der Waals surface area contributed by atoms with Crippen LogP contribution in [0, 0.1) is 0 Å². The van der Waals surface area contributed by atoms with Crippen molar-refractivity contribution in [1.29, 1.82) is 0 Å². The molecule has 0 radical (unpaired) electrons. The Kier molecular flexibility index (Phi) is 6.02. The molecule has 1 rings (SSSR count). The van der Waals surface area contributed by atoms with E-state index in [0.29, 0.717) is 24.2 Å². The van der Waals surface area contributed by atoms with E-state index >= 15 is 0 Å². The summed E-state index contributed by atoms with van der Waals surface area (Å²) in [6.07, 6.45) is 1.92. The number of aromatic nitrogens is 2. The highest BCUT2D eigenvalue weighted by Gasteiger charge is 2.18. The average molecular weight is 267 g/mol. The van der Waals surface area contributed by atoms with Crippen molar-refractivity contribution >= 4 is 5.82 Å². The lowest BCUT2D eigenvalue weighted by Gasteiger charge is -2.31. The lowest BCUT2D eigenvalue weighted by Crippen LogP contribution is -2.38. The number of aliphatic hydroxyl groups is 1. The molecular formula is C14H25N3O2. The van der Waals surface area contributed by atoms with Gasteiger partial charge in [-0.3, -0.25) is 4.79 Å². The van der Waals surface area contributed by atoms with Crippen molar-refractivity contribution in [3.05, 3.63) is 22.2 Å². The second-order valence-corrected chi connectivity index (χ2v) is 5.03. The van der Waals surface area contributed by atoms with E-state index in [-0.39, 0.29) is 18.1 Å². The fourth-order valence-electron chi connectivity index (χ4n) is 2.21. The Morgan fingerprint density at radius 2 is 2.00 bits per heavy atom. The van der Waals surface area contributed by atoms with E-state index in [1.165, 1.54) is 6.07 Å². The number of rotatable bonds is 7. The van der Waals surface area contributed by atoms with Crippen LogP contribution in [0.1, 0.15) is 52.3 Å². The first-order chi connectivity index (χ1) is 9.03. The molecule has 0 saturated carbocycles. The highest BCUT2D eigenvalue weighted by Crippen LogP contribution is 2.18. The maximum Gasteiger partial charge on any atom is 0.252 e. The third kappa shape index (κ3) is 4.06. The van der Waals surface area contributed by atoms with Crippen LogP contribution in [0.5, 0.6) is 0 Å². The fourth-order valence-corrected chi connectivity index (χ4v) is 2.21. The van der Waals surface area contributed by atoms with Crippen LogP contribution >= 0.6 is 0 Å². The van der Waals surface area contributed by atoms with Crippen LogP contribution in [0.2, 0.25) is 0 Å². The number of hydrogen-bond acceptors (Lipinski definition) is 4. The minimum Gasteiger partial charge on any atom is -0.395 e. The molecule has 0 saturated heterocycles. The molecule has 108 valence electrons. The Balaban J connectivity index is 3.18. The van der Waals surface area contributed by atoms with Crippen molar-refractivity contribution in [3.8, 4) is 0 Å². The zero-order chi connectivity index (χ0) is 14.4. The van der Waals surface area contributed by atoms with Gasteiger partial charge in [0, 0.05) is 24.6 Å². The summed E-state index contributed by atoms with van der Waals surface area (Å²) in [4.78, 5) is 21.1. The van der Waals surface area contributed by atoms with Gasteiger partial charge in [-0.1, -0.05) is 27.7 Å². The van der Waals surface area contributed by atoms with Gasteiger partial charge in [-0.05, 0) is 12.8 Å². The zero-order valence-electron chi connectivity index (χ0n) is 12.3. The van der Waals surface area contributed by atoms with Crippen LogP contribution in [-0.4, -0.2) is 34.3 Å². The highest BCUT2D eigenvalue weighted by atomic mass is 16.3. The minimum atomic E-state index is -0.136. The molecule has 1 heterocycles. The molecule has 0 amide bonds. The molecule has 0 spiro atoms. The van der Waals surface area contributed by atoms with E-state index in [1.807, 2.05) is 18.7 Å². The predicted octanol–water partition coefficient (Wildman–Crippen LogP) is 1.88. The third-order valence-electron chi connectivity index (χ3n) is 3.31. The standard InChI is InChI=1S/C14H25N3O2/c1-5-11(6-2)17(7-8-18)12-9-13(19)16-14(15-12)10(3)4/h9-11,18H,5-8H2,1-4H3,(H,15,16,19). The van der Waals surface area contributed by atoms with Gasteiger partial charge in [0.1, 0.15) is 11.6 Å². The van der Waals surface area contributed by atoms with Gasteiger partial charge in [0.05, 0.1) is 6.61 Å².